The SMILES string of the molecule is CCCCOC(=O)C1=C(C)Nc2nc(SCc3ccccc3Cl)nn2C1c1ccc(OCc2ccc(Cl)cc2)c(OC)c1. The molecule has 0 saturated carbocycles. The molecule has 1 aromatic heterocycles. The number of halogens is 2. The Hall–Kier alpha value is -3.66. The van der Waals surface area contributed by atoms with Gasteiger partial charge in [-0.05, 0) is 60.4 Å². The standard InChI is InChI=1S/C32H32Cl2N4O4S/c1-4-5-16-41-30(39)28-20(2)35-31-36-32(43-19-23-8-6-7-9-25(23)34)37-38(31)29(28)22-12-15-26(27(17-22)40-3)42-18-21-10-13-24(33)14-11-21/h6-15,17,29H,4-5,16,18-19H2,1-3H3,(H,35,36,37). The van der Waals surface area contributed by atoms with Gasteiger partial charge in [0.15, 0.2) is 11.5 Å². The van der Waals surface area contributed by atoms with Crippen molar-refractivity contribution in [3.05, 3.63) is 105 Å². The van der Waals surface area contributed by atoms with E-state index in [1.165, 1.54) is 11.8 Å². The van der Waals surface area contributed by atoms with Crippen LogP contribution < -0.4 is 14.8 Å². The third-order valence-corrected chi connectivity index (χ3v) is 8.42. The van der Waals surface area contributed by atoms with Gasteiger partial charge in [0.1, 0.15) is 12.6 Å². The molecular formula is C32H32Cl2N4O4S. The number of nitrogens with one attached hydrogen (secondary N) is 1. The molecule has 2 heterocycles. The van der Waals surface area contributed by atoms with Crippen molar-refractivity contribution < 1.29 is 19.0 Å². The summed E-state index contributed by atoms with van der Waals surface area (Å²) in [4.78, 5) is 18.2. The first-order valence-electron chi connectivity index (χ1n) is 13.9. The second kappa shape index (κ2) is 14.2. The molecule has 1 unspecified atom stereocenters. The largest absolute Gasteiger partial charge is 0.493 e. The second-order valence-corrected chi connectivity index (χ2v) is 11.7. The summed E-state index contributed by atoms with van der Waals surface area (Å²) in [5.74, 6) is 1.81. The molecule has 0 amide bonds. The van der Waals surface area contributed by atoms with Crippen LogP contribution in [0.1, 0.15) is 49.4 Å². The summed E-state index contributed by atoms with van der Waals surface area (Å²) in [5.41, 5.74) is 3.83. The van der Waals surface area contributed by atoms with Gasteiger partial charge in [0.05, 0.1) is 19.3 Å². The number of esters is 1. The number of benzene rings is 3. The normalized spacial score (nSPS) is 14.2. The number of carbonyl (C=O) groups is 1. The summed E-state index contributed by atoms with van der Waals surface area (Å²) in [7, 11) is 1.59. The van der Waals surface area contributed by atoms with Gasteiger partial charge < -0.3 is 19.5 Å². The van der Waals surface area contributed by atoms with Gasteiger partial charge in [-0.15, -0.1) is 5.10 Å². The number of hydrogen-bond donors (Lipinski definition) is 1. The number of rotatable bonds is 12. The number of aromatic nitrogens is 3. The lowest BCUT2D eigenvalue weighted by atomic mass is 9.95. The number of allylic oxidation sites excluding steroid dienone is 1. The zero-order valence-corrected chi connectivity index (χ0v) is 26.4. The van der Waals surface area contributed by atoms with Crippen molar-refractivity contribution in [1.82, 2.24) is 14.8 Å². The quantitative estimate of drug-likeness (QED) is 0.0946. The van der Waals surface area contributed by atoms with Gasteiger partial charge in [-0.25, -0.2) is 9.48 Å². The van der Waals surface area contributed by atoms with Crippen molar-refractivity contribution in [1.29, 1.82) is 0 Å². The fourth-order valence-corrected chi connectivity index (χ4v) is 5.87. The molecular weight excluding hydrogens is 607 g/mol. The Balaban J connectivity index is 1.46. The molecule has 1 atom stereocenters. The molecule has 1 aliphatic heterocycles. The third-order valence-electron chi connectivity index (χ3n) is 6.91. The number of methoxy groups -OCH3 is 1. The molecule has 0 saturated heterocycles. The third kappa shape index (κ3) is 7.29. The number of carbonyl (C=O) groups excluding carboxylic acids is 1. The van der Waals surface area contributed by atoms with Gasteiger partial charge in [0.2, 0.25) is 11.1 Å². The minimum Gasteiger partial charge on any atom is -0.493 e. The monoisotopic (exact) mass is 638 g/mol. The predicted octanol–water partition coefficient (Wildman–Crippen LogP) is 8.10. The van der Waals surface area contributed by atoms with Gasteiger partial charge >= 0.3 is 5.97 Å². The number of ether oxygens (including phenoxy) is 3. The maximum Gasteiger partial charge on any atom is 0.338 e. The zero-order valence-electron chi connectivity index (χ0n) is 24.1. The lowest BCUT2D eigenvalue weighted by Gasteiger charge is -2.28. The number of fused-ring (bicyclic) bond motifs is 1. The van der Waals surface area contributed by atoms with Gasteiger partial charge in [0.25, 0.3) is 0 Å². The van der Waals surface area contributed by atoms with Crippen LogP contribution in [-0.4, -0.2) is 34.5 Å². The molecule has 3 aromatic carbocycles. The van der Waals surface area contributed by atoms with Crippen LogP contribution in [0.15, 0.2) is 83.2 Å². The van der Waals surface area contributed by atoms with Crippen LogP contribution in [0.5, 0.6) is 11.5 Å². The van der Waals surface area contributed by atoms with E-state index in [1.807, 2.05) is 73.7 Å². The Labute approximate surface area is 265 Å². The zero-order chi connectivity index (χ0) is 30.3. The Morgan fingerprint density at radius 2 is 1.86 bits per heavy atom. The molecule has 0 bridgehead atoms. The average molecular weight is 640 g/mol. The second-order valence-electron chi connectivity index (χ2n) is 9.92. The summed E-state index contributed by atoms with van der Waals surface area (Å²) in [6.07, 6.45) is 1.70. The van der Waals surface area contributed by atoms with Crippen LogP contribution in [-0.2, 0) is 21.9 Å². The van der Waals surface area contributed by atoms with Crippen LogP contribution in [0.25, 0.3) is 0 Å². The Morgan fingerprint density at radius 1 is 1.07 bits per heavy atom. The Kier molecular flexibility index (Phi) is 10.2. The highest BCUT2D eigenvalue weighted by Crippen LogP contribution is 2.40. The van der Waals surface area contributed by atoms with Crippen molar-refractivity contribution in [2.75, 3.05) is 19.0 Å². The highest BCUT2D eigenvalue weighted by molar-refractivity contribution is 7.98. The molecule has 43 heavy (non-hydrogen) atoms. The summed E-state index contributed by atoms with van der Waals surface area (Å²) in [6, 6.07) is 20.2. The van der Waals surface area contributed by atoms with Gasteiger partial charge in [-0.2, -0.15) is 4.98 Å². The predicted molar refractivity (Wildman–Crippen MR) is 170 cm³/mol. The van der Waals surface area contributed by atoms with E-state index in [0.29, 0.717) is 62.9 Å². The molecule has 11 heteroatoms. The van der Waals surface area contributed by atoms with E-state index in [0.717, 1.165) is 29.5 Å². The number of nitrogens with zero attached hydrogens (tertiary/aromatic N) is 3. The topological polar surface area (TPSA) is 87.5 Å². The van der Waals surface area contributed by atoms with Crippen molar-refractivity contribution in [2.45, 2.75) is 50.2 Å². The summed E-state index contributed by atoms with van der Waals surface area (Å²) in [6.45, 7) is 4.57. The number of unbranched alkanes of at least 4 members (excludes halogenated alkanes) is 1. The summed E-state index contributed by atoms with van der Waals surface area (Å²) >= 11 is 13.9. The molecule has 1 aliphatic rings. The van der Waals surface area contributed by atoms with Crippen LogP contribution in [0.4, 0.5) is 5.95 Å². The average Bonchev–Trinajstić information content (AvgIpc) is 3.42. The molecule has 0 fully saturated rings. The molecule has 0 spiro atoms. The Morgan fingerprint density at radius 3 is 2.60 bits per heavy atom. The number of anilines is 1. The molecule has 0 radical (unpaired) electrons. The van der Waals surface area contributed by atoms with E-state index in [4.69, 9.17) is 47.5 Å². The highest BCUT2D eigenvalue weighted by Gasteiger charge is 2.36. The molecule has 0 aliphatic carbocycles. The van der Waals surface area contributed by atoms with E-state index in [-0.39, 0.29) is 0 Å². The minimum atomic E-state index is -0.605. The van der Waals surface area contributed by atoms with Crippen LogP contribution in [0, 0.1) is 0 Å². The molecule has 1 N–H and O–H groups in total. The molecule has 224 valence electrons. The smallest absolute Gasteiger partial charge is 0.338 e. The van der Waals surface area contributed by atoms with Crippen molar-refractivity contribution in [3.8, 4) is 11.5 Å². The van der Waals surface area contributed by atoms with Crippen molar-refractivity contribution in [2.24, 2.45) is 0 Å². The van der Waals surface area contributed by atoms with E-state index < -0.39 is 12.0 Å². The lowest BCUT2D eigenvalue weighted by Crippen LogP contribution is -2.29. The van der Waals surface area contributed by atoms with Crippen molar-refractivity contribution in [3.63, 3.8) is 0 Å². The minimum absolute atomic E-state index is 0.336. The Bertz CT molecular complexity index is 1620. The van der Waals surface area contributed by atoms with E-state index in [9.17, 15) is 4.79 Å². The molecule has 8 nitrogen and oxygen atoms in total. The number of hydrogen-bond acceptors (Lipinski definition) is 8. The van der Waals surface area contributed by atoms with E-state index in [1.54, 1.807) is 11.8 Å². The maximum atomic E-state index is 13.5. The highest BCUT2D eigenvalue weighted by atomic mass is 35.5. The first-order valence-corrected chi connectivity index (χ1v) is 15.6. The van der Waals surface area contributed by atoms with Crippen molar-refractivity contribution >= 4 is 46.9 Å². The molecule has 4 aromatic rings. The molecule has 5 rings (SSSR count). The van der Waals surface area contributed by atoms with Crippen LogP contribution >= 0.6 is 35.0 Å². The summed E-state index contributed by atoms with van der Waals surface area (Å²) < 4.78 is 19.2. The first-order chi connectivity index (χ1) is 20.9. The summed E-state index contributed by atoms with van der Waals surface area (Å²) in [5, 5.41) is 9.98. The van der Waals surface area contributed by atoms with Gasteiger partial charge in [-0.3, -0.25) is 0 Å². The van der Waals surface area contributed by atoms with E-state index in [2.05, 4.69) is 12.2 Å². The fraction of sp³-hybridized carbons (Fsp3) is 0.281. The van der Waals surface area contributed by atoms with Gasteiger partial charge in [-0.1, -0.05) is 84.7 Å². The lowest BCUT2D eigenvalue weighted by molar-refractivity contribution is -0.139. The van der Waals surface area contributed by atoms with Crippen LogP contribution in [0.3, 0.4) is 0 Å². The van der Waals surface area contributed by atoms with E-state index >= 15 is 0 Å². The fourth-order valence-electron chi connectivity index (χ4n) is 4.63. The van der Waals surface area contributed by atoms with Crippen LogP contribution in [0.2, 0.25) is 10.0 Å². The first kappa shape index (κ1) is 30.8. The number of thioether (sulfide) groups is 1. The van der Waals surface area contributed by atoms with Gasteiger partial charge in [0, 0.05) is 21.5 Å². The maximum absolute atomic E-state index is 13.5.